The van der Waals surface area contributed by atoms with Crippen molar-refractivity contribution < 1.29 is 9.53 Å². The molecule has 0 saturated carbocycles. The molecule has 18 heavy (non-hydrogen) atoms. The molecule has 0 radical (unpaired) electrons. The number of nitrogens with one attached hydrogen (secondary N) is 2. The Balaban J connectivity index is 2.01. The van der Waals surface area contributed by atoms with Gasteiger partial charge in [-0.05, 0) is 13.5 Å². The number of anilines is 1. The Bertz CT molecular complexity index is 430. The molecule has 1 amide bonds. The van der Waals surface area contributed by atoms with Crippen LogP contribution in [-0.4, -0.2) is 41.5 Å². The molecule has 0 spiro atoms. The van der Waals surface area contributed by atoms with Crippen LogP contribution in [0, 0.1) is 12.8 Å². The fourth-order valence-electron chi connectivity index (χ4n) is 2.22. The maximum Gasteiger partial charge on any atom is 0.232 e. The molecule has 1 saturated heterocycles. The Kier molecular flexibility index (Phi) is 3.98. The highest BCUT2D eigenvalue weighted by Crippen LogP contribution is 2.17. The summed E-state index contributed by atoms with van der Waals surface area (Å²) >= 11 is 0. The first-order chi connectivity index (χ1) is 8.61. The molecule has 1 fully saturated rings. The number of aromatic nitrogens is 2. The molecule has 0 aliphatic carbocycles. The van der Waals surface area contributed by atoms with Crippen molar-refractivity contribution in [3.63, 3.8) is 0 Å². The zero-order valence-electron chi connectivity index (χ0n) is 11.1. The number of hydrogen-bond donors (Lipinski definition) is 2. The maximum atomic E-state index is 12.2. The first-order valence-corrected chi connectivity index (χ1v) is 6.24. The second-order valence-corrected chi connectivity index (χ2v) is 4.59. The standard InChI is InChI=1S/C12H20N4O2/c1-4-13-10-7-18-6-9(10)12(17)14-11-5-8(2)15-16(11)3/h5,9-10,13H,4,6-7H2,1-3H3,(H,14,17). The van der Waals surface area contributed by atoms with Crippen molar-refractivity contribution in [1.29, 1.82) is 0 Å². The summed E-state index contributed by atoms with van der Waals surface area (Å²) in [6.45, 7) is 5.83. The van der Waals surface area contributed by atoms with Crippen LogP contribution in [0.4, 0.5) is 5.82 Å². The van der Waals surface area contributed by atoms with E-state index in [1.54, 1.807) is 4.68 Å². The predicted molar refractivity (Wildman–Crippen MR) is 68.3 cm³/mol. The third kappa shape index (κ3) is 2.70. The molecular formula is C12H20N4O2. The van der Waals surface area contributed by atoms with Crippen molar-refractivity contribution in [3.8, 4) is 0 Å². The lowest BCUT2D eigenvalue weighted by atomic mass is 10.0. The van der Waals surface area contributed by atoms with Crippen LogP contribution in [0.15, 0.2) is 6.07 Å². The summed E-state index contributed by atoms with van der Waals surface area (Å²) in [6.07, 6.45) is 0. The van der Waals surface area contributed by atoms with Crippen LogP contribution >= 0.6 is 0 Å². The van der Waals surface area contributed by atoms with Crippen LogP contribution in [0.1, 0.15) is 12.6 Å². The summed E-state index contributed by atoms with van der Waals surface area (Å²) in [6, 6.07) is 1.96. The number of rotatable bonds is 4. The van der Waals surface area contributed by atoms with Gasteiger partial charge < -0.3 is 15.4 Å². The Morgan fingerprint density at radius 2 is 2.39 bits per heavy atom. The van der Waals surface area contributed by atoms with Crippen LogP contribution < -0.4 is 10.6 Å². The average molecular weight is 252 g/mol. The Hall–Kier alpha value is -1.40. The zero-order chi connectivity index (χ0) is 13.1. The molecule has 1 aliphatic rings. The van der Waals surface area contributed by atoms with Gasteiger partial charge in [-0.25, -0.2) is 0 Å². The SMILES string of the molecule is CCNC1COCC1C(=O)Nc1cc(C)nn1C. The van der Waals surface area contributed by atoms with E-state index in [1.165, 1.54) is 0 Å². The summed E-state index contributed by atoms with van der Waals surface area (Å²) in [4.78, 5) is 12.2. The highest BCUT2D eigenvalue weighted by atomic mass is 16.5. The summed E-state index contributed by atoms with van der Waals surface area (Å²) in [5.74, 6) is 0.571. The predicted octanol–water partition coefficient (Wildman–Crippen LogP) is 0.292. The molecule has 100 valence electrons. The quantitative estimate of drug-likeness (QED) is 0.808. The Morgan fingerprint density at radius 3 is 3.00 bits per heavy atom. The van der Waals surface area contributed by atoms with Crippen molar-refractivity contribution in [2.45, 2.75) is 19.9 Å². The van der Waals surface area contributed by atoms with Crippen LogP contribution in [-0.2, 0) is 16.6 Å². The van der Waals surface area contributed by atoms with Crippen molar-refractivity contribution in [2.24, 2.45) is 13.0 Å². The largest absolute Gasteiger partial charge is 0.379 e. The van der Waals surface area contributed by atoms with E-state index in [0.717, 1.165) is 18.1 Å². The van der Waals surface area contributed by atoms with E-state index in [9.17, 15) is 4.79 Å². The van der Waals surface area contributed by atoms with Crippen LogP contribution in [0.25, 0.3) is 0 Å². The highest BCUT2D eigenvalue weighted by molar-refractivity contribution is 5.92. The highest BCUT2D eigenvalue weighted by Gasteiger charge is 2.33. The summed E-state index contributed by atoms with van der Waals surface area (Å²) < 4.78 is 7.04. The first kappa shape index (κ1) is 13.0. The minimum Gasteiger partial charge on any atom is -0.379 e. The summed E-state index contributed by atoms with van der Waals surface area (Å²) in [7, 11) is 1.82. The van der Waals surface area contributed by atoms with Crippen molar-refractivity contribution >= 4 is 11.7 Å². The van der Waals surface area contributed by atoms with Crippen LogP contribution in [0.2, 0.25) is 0 Å². The van der Waals surface area contributed by atoms with Gasteiger partial charge in [-0.1, -0.05) is 6.92 Å². The number of ether oxygens (including phenoxy) is 1. The van der Waals surface area contributed by atoms with Gasteiger partial charge in [0.15, 0.2) is 0 Å². The van der Waals surface area contributed by atoms with Gasteiger partial charge in [-0.2, -0.15) is 5.10 Å². The summed E-state index contributed by atoms with van der Waals surface area (Å²) in [5, 5.41) is 10.4. The smallest absolute Gasteiger partial charge is 0.232 e. The van der Waals surface area contributed by atoms with Gasteiger partial charge in [0.05, 0.1) is 24.8 Å². The number of amides is 1. The molecule has 6 heteroatoms. The van der Waals surface area contributed by atoms with Gasteiger partial charge in [0.2, 0.25) is 5.91 Å². The Morgan fingerprint density at radius 1 is 1.61 bits per heavy atom. The lowest BCUT2D eigenvalue weighted by Crippen LogP contribution is -2.41. The monoisotopic (exact) mass is 252 g/mol. The Labute approximate surface area is 107 Å². The van der Waals surface area contributed by atoms with Gasteiger partial charge in [0, 0.05) is 19.2 Å². The molecule has 2 rings (SSSR count). The number of hydrogen-bond acceptors (Lipinski definition) is 4. The molecule has 1 aromatic heterocycles. The van der Waals surface area contributed by atoms with E-state index in [2.05, 4.69) is 15.7 Å². The van der Waals surface area contributed by atoms with Gasteiger partial charge in [0.1, 0.15) is 5.82 Å². The minimum atomic E-state index is -0.139. The number of carbonyl (C=O) groups is 1. The number of carbonyl (C=O) groups excluding carboxylic acids is 1. The molecule has 2 heterocycles. The van der Waals surface area contributed by atoms with E-state index in [1.807, 2.05) is 27.0 Å². The zero-order valence-corrected chi connectivity index (χ0v) is 11.1. The molecule has 2 unspecified atom stereocenters. The summed E-state index contributed by atoms with van der Waals surface area (Å²) in [5.41, 5.74) is 0.888. The third-order valence-electron chi connectivity index (χ3n) is 3.14. The molecule has 2 atom stereocenters. The van der Waals surface area contributed by atoms with Gasteiger partial charge in [0.25, 0.3) is 0 Å². The van der Waals surface area contributed by atoms with Gasteiger partial charge >= 0.3 is 0 Å². The second kappa shape index (κ2) is 5.49. The normalized spacial score (nSPS) is 23.3. The van der Waals surface area contributed by atoms with Crippen LogP contribution in [0.5, 0.6) is 0 Å². The second-order valence-electron chi connectivity index (χ2n) is 4.59. The third-order valence-corrected chi connectivity index (χ3v) is 3.14. The first-order valence-electron chi connectivity index (χ1n) is 6.24. The molecule has 0 aromatic carbocycles. The molecule has 2 N–H and O–H groups in total. The van der Waals surface area contributed by atoms with E-state index < -0.39 is 0 Å². The topological polar surface area (TPSA) is 68.2 Å². The molecule has 6 nitrogen and oxygen atoms in total. The van der Waals surface area contributed by atoms with Crippen molar-refractivity contribution in [1.82, 2.24) is 15.1 Å². The van der Waals surface area contributed by atoms with Crippen molar-refractivity contribution in [3.05, 3.63) is 11.8 Å². The number of nitrogens with zero attached hydrogens (tertiary/aromatic N) is 2. The van der Waals surface area contributed by atoms with Crippen LogP contribution in [0.3, 0.4) is 0 Å². The average Bonchev–Trinajstić information content (AvgIpc) is 2.87. The molecule has 1 aromatic rings. The van der Waals surface area contributed by atoms with E-state index in [-0.39, 0.29) is 17.9 Å². The minimum absolute atomic E-state index is 0.0125. The number of likely N-dealkylation sites (N-methyl/N-ethyl adjacent to an activating group) is 1. The lowest BCUT2D eigenvalue weighted by molar-refractivity contribution is -0.120. The lowest BCUT2D eigenvalue weighted by Gasteiger charge is -2.17. The van der Waals surface area contributed by atoms with E-state index in [0.29, 0.717) is 13.2 Å². The van der Waals surface area contributed by atoms with Crippen molar-refractivity contribution in [2.75, 3.05) is 25.1 Å². The fraction of sp³-hybridized carbons (Fsp3) is 0.667. The van der Waals surface area contributed by atoms with Gasteiger partial charge in [-0.15, -0.1) is 0 Å². The molecule has 1 aliphatic heterocycles. The maximum absolute atomic E-state index is 12.2. The number of aryl methyl sites for hydroxylation is 2. The molecule has 0 bridgehead atoms. The van der Waals surface area contributed by atoms with E-state index >= 15 is 0 Å². The molecular weight excluding hydrogens is 232 g/mol. The van der Waals surface area contributed by atoms with E-state index in [4.69, 9.17) is 4.74 Å². The van der Waals surface area contributed by atoms with Gasteiger partial charge in [-0.3, -0.25) is 9.48 Å². The fourth-order valence-corrected chi connectivity index (χ4v) is 2.22.